The average Bonchev–Trinajstić information content (AvgIpc) is 2.46. The third-order valence-electron chi connectivity index (χ3n) is 3.23. The Balaban J connectivity index is 2.06. The first-order valence-electron chi connectivity index (χ1n) is 6.47. The first-order chi connectivity index (χ1) is 9.61. The molecular formula is C16H17N3O. The monoisotopic (exact) mass is 267 g/mol. The molecule has 2 rings (SSSR count). The van der Waals surface area contributed by atoms with Gasteiger partial charge < -0.3 is 10.4 Å². The Morgan fingerprint density at radius 2 is 1.95 bits per heavy atom. The summed E-state index contributed by atoms with van der Waals surface area (Å²) in [7, 11) is 0. The fourth-order valence-corrected chi connectivity index (χ4v) is 2.01. The summed E-state index contributed by atoms with van der Waals surface area (Å²) in [4.78, 5) is 4.20. The number of hydrogen-bond donors (Lipinski definition) is 2. The highest BCUT2D eigenvalue weighted by molar-refractivity contribution is 5.43. The van der Waals surface area contributed by atoms with Crippen molar-refractivity contribution < 1.29 is 5.11 Å². The summed E-state index contributed by atoms with van der Waals surface area (Å²) in [5.74, 6) is 0.597. The lowest BCUT2D eigenvalue weighted by atomic mass is 10.0. The minimum absolute atomic E-state index is 0.353. The van der Waals surface area contributed by atoms with Crippen molar-refractivity contribution in [1.29, 1.82) is 5.26 Å². The molecule has 102 valence electrons. The van der Waals surface area contributed by atoms with Crippen LogP contribution >= 0.6 is 0 Å². The molecule has 2 N–H and O–H groups in total. The molecular weight excluding hydrogens is 250 g/mol. The molecule has 4 heteroatoms. The summed E-state index contributed by atoms with van der Waals surface area (Å²) in [6, 6.07) is 13.4. The molecule has 4 nitrogen and oxygen atoms in total. The summed E-state index contributed by atoms with van der Waals surface area (Å²) >= 11 is 0. The van der Waals surface area contributed by atoms with Crippen LogP contribution in [0.2, 0.25) is 0 Å². The van der Waals surface area contributed by atoms with E-state index in [9.17, 15) is 5.11 Å². The van der Waals surface area contributed by atoms with Crippen molar-refractivity contribution in [3.05, 3.63) is 58.8 Å². The highest BCUT2D eigenvalue weighted by atomic mass is 16.3. The van der Waals surface area contributed by atoms with Crippen LogP contribution in [0.3, 0.4) is 0 Å². The molecule has 1 heterocycles. The first-order valence-corrected chi connectivity index (χ1v) is 6.47. The summed E-state index contributed by atoms with van der Waals surface area (Å²) in [5.41, 5.74) is 3.20. The molecule has 0 fully saturated rings. The number of nitriles is 1. The second-order valence-corrected chi connectivity index (χ2v) is 4.73. The van der Waals surface area contributed by atoms with Crippen LogP contribution in [-0.4, -0.2) is 16.6 Å². The summed E-state index contributed by atoms with van der Waals surface area (Å²) in [5, 5.41) is 22.2. The fraction of sp³-hybridized carbons (Fsp3) is 0.250. The van der Waals surface area contributed by atoms with Crippen molar-refractivity contribution >= 4 is 5.82 Å². The van der Waals surface area contributed by atoms with Crippen molar-refractivity contribution in [3.63, 3.8) is 0 Å². The van der Waals surface area contributed by atoms with Crippen molar-refractivity contribution in [3.8, 4) is 6.07 Å². The van der Waals surface area contributed by atoms with E-state index in [1.54, 1.807) is 6.07 Å². The molecule has 1 atom stereocenters. The standard InChI is InChI=1S/C16H17N3O/c1-11-5-3-4-6-13(11)15(20)10-18-16-8-7-12(2)14(9-17)19-16/h3-8,15,20H,10H2,1-2H3,(H,18,19). The third-order valence-corrected chi connectivity index (χ3v) is 3.23. The second-order valence-electron chi connectivity index (χ2n) is 4.73. The van der Waals surface area contributed by atoms with Crippen molar-refractivity contribution in [2.45, 2.75) is 20.0 Å². The summed E-state index contributed by atoms with van der Waals surface area (Å²) < 4.78 is 0. The van der Waals surface area contributed by atoms with E-state index >= 15 is 0 Å². The SMILES string of the molecule is Cc1ccccc1C(O)CNc1ccc(C)c(C#N)n1. The van der Waals surface area contributed by atoms with Gasteiger partial charge in [-0.15, -0.1) is 0 Å². The lowest BCUT2D eigenvalue weighted by molar-refractivity contribution is 0.191. The Hall–Kier alpha value is -2.38. The predicted octanol–water partition coefficient (Wildman–Crippen LogP) is 2.72. The molecule has 0 spiro atoms. The van der Waals surface area contributed by atoms with Gasteiger partial charge in [0.25, 0.3) is 0 Å². The number of hydrogen-bond acceptors (Lipinski definition) is 4. The maximum absolute atomic E-state index is 10.2. The smallest absolute Gasteiger partial charge is 0.145 e. The number of nitrogens with one attached hydrogen (secondary N) is 1. The molecule has 1 unspecified atom stereocenters. The summed E-state index contributed by atoms with van der Waals surface area (Å²) in [6.45, 7) is 4.17. The van der Waals surface area contributed by atoms with Gasteiger partial charge in [0.15, 0.2) is 0 Å². The number of aliphatic hydroxyl groups is 1. The highest BCUT2D eigenvalue weighted by Gasteiger charge is 2.10. The maximum Gasteiger partial charge on any atom is 0.145 e. The van der Waals surface area contributed by atoms with Crippen molar-refractivity contribution in [1.82, 2.24) is 4.98 Å². The lowest BCUT2D eigenvalue weighted by Crippen LogP contribution is -2.14. The average molecular weight is 267 g/mol. The zero-order valence-electron chi connectivity index (χ0n) is 11.6. The largest absolute Gasteiger partial charge is 0.387 e. The van der Waals surface area contributed by atoms with Crippen LogP contribution in [0.5, 0.6) is 0 Å². The third kappa shape index (κ3) is 3.14. The van der Waals surface area contributed by atoms with Crippen LogP contribution in [0, 0.1) is 25.2 Å². The first kappa shape index (κ1) is 14.0. The minimum atomic E-state index is -0.607. The van der Waals surface area contributed by atoms with E-state index in [-0.39, 0.29) is 0 Å². The van der Waals surface area contributed by atoms with E-state index in [0.717, 1.165) is 16.7 Å². The highest BCUT2D eigenvalue weighted by Crippen LogP contribution is 2.18. The van der Waals surface area contributed by atoms with Gasteiger partial charge in [0.1, 0.15) is 17.6 Å². The normalized spacial score (nSPS) is 11.7. The maximum atomic E-state index is 10.2. The van der Waals surface area contributed by atoms with E-state index in [1.165, 1.54) is 0 Å². The van der Waals surface area contributed by atoms with E-state index in [4.69, 9.17) is 5.26 Å². The molecule has 1 aromatic heterocycles. The molecule has 0 saturated heterocycles. The van der Waals surface area contributed by atoms with Gasteiger partial charge in [-0.1, -0.05) is 30.3 Å². The molecule has 0 saturated carbocycles. The topological polar surface area (TPSA) is 68.9 Å². The Morgan fingerprint density at radius 1 is 1.20 bits per heavy atom. The molecule has 0 bridgehead atoms. The molecule has 1 aromatic carbocycles. The molecule has 0 amide bonds. The van der Waals surface area contributed by atoms with Gasteiger partial charge in [0, 0.05) is 6.54 Å². The second kappa shape index (κ2) is 6.18. The number of benzene rings is 1. The number of aryl methyl sites for hydroxylation is 2. The van der Waals surface area contributed by atoms with Gasteiger partial charge in [0.05, 0.1) is 6.10 Å². The fourth-order valence-electron chi connectivity index (χ4n) is 2.01. The quantitative estimate of drug-likeness (QED) is 0.893. The molecule has 0 aliphatic rings. The Morgan fingerprint density at radius 3 is 2.65 bits per heavy atom. The molecule has 0 aliphatic carbocycles. The van der Waals surface area contributed by atoms with Crippen LogP contribution in [0.1, 0.15) is 28.5 Å². The van der Waals surface area contributed by atoms with Crippen LogP contribution in [0.15, 0.2) is 36.4 Å². The number of rotatable bonds is 4. The van der Waals surface area contributed by atoms with Crippen LogP contribution in [0.25, 0.3) is 0 Å². The number of pyridine rings is 1. The zero-order chi connectivity index (χ0) is 14.5. The van der Waals surface area contributed by atoms with Crippen LogP contribution < -0.4 is 5.32 Å². The van der Waals surface area contributed by atoms with Crippen molar-refractivity contribution in [2.24, 2.45) is 0 Å². The minimum Gasteiger partial charge on any atom is -0.387 e. The lowest BCUT2D eigenvalue weighted by Gasteiger charge is -2.15. The van der Waals surface area contributed by atoms with Gasteiger partial charge >= 0.3 is 0 Å². The van der Waals surface area contributed by atoms with Gasteiger partial charge in [0.2, 0.25) is 0 Å². The van der Waals surface area contributed by atoms with Gasteiger partial charge in [-0.2, -0.15) is 5.26 Å². The van der Waals surface area contributed by atoms with Crippen molar-refractivity contribution in [2.75, 3.05) is 11.9 Å². The Bertz CT molecular complexity index is 646. The molecule has 20 heavy (non-hydrogen) atoms. The van der Waals surface area contributed by atoms with Crippen LogP contribution in [0.4, 0.5) is 5.82 Å². The molecule has 2 aromatic rings. The predicted molar refractivity (Wildman–Crippen MR) is 78.3 cm³/mol. The Labute approximate surface area is 118 Å². The number of aliphatic hydroxyl groups excluding tert-OH is 1. The van der Waals surface area contributed by atoms with Gasteiger partial charge in [-0.05, 0) is 36.6 Å². The number of nitrogens with zero attached hydrogens (tertiary/aromatic N) is 2. The Kier molecular flexibility index (Phi) is 4.34. The van der Waals surface area contributed by atoms with E-state index in [0.29, 0.717) is 18.1 Å². The summed E-state index contributed by atoms with van der Waals surface area (Å²) in [6.07, 6.45) is -0.607. The number of anilines is 1. The van der Waals surface area contributed by atoms with E-state index in [1.807, 2.05) is 44.2 Å². The van der Waals surface area contributed by atoms with Crippen LogP contribution in [-0.2, 0) is 0 Å². The van der Waals surface area contributed by atoms with Gasteiger partial charge in [-0.25, -0.2) is 4.98 Å². The zero-order valence-corrected chi connectivity index (χ0v) is 11.6. The number of aromatic nitrogens is 1. The molecule has 0 radical (unpaired) electrons. The van der Waals surface area contributed by atoms with Gasteiger partial charge in [-0.3, -0.25) is 0 Å². The van der Waals surface area contributed by atoms with E-state index < -0.39 is 6.10 Å². The molecule has 0 aliphatic heterocycles. The van der Waals surface area contributed by atoms with E-state index in [2.05, 4.69) is 16.4 Å².